The van der Waals surface area contributed by atoms with Gasteiger partial charge in [-0.3, -0.25) is 0 Å². The molecule has 1 nitrogen and oxygen atoms in total. The van der Waals surface area contributed by atoms with Gasteiger partial charge in [0.25, 0.3) is 0 Å². The Balaban J connectivity index is 2.35. The summed E-state index contributed by atoms with van der Waals surface area (Å²) in [5.41, 5.74) is 1.14. The van der Waals surface area contributed by atoms with Crippen LogP contribution in [0.4, 0.5) is 4.39 Å². The van der Waals surface area contributed by atoms with Gasteiger partial charge in [-0.25, -0.2) is 4.39 Å². The van der Waals surface area contributed by atoms with E-state index in [2.05, 4.69) is 25.4 Å². The van der Waals surface area contributed by atoms with Crippen LogP contribution in [0.3, 0.4) is 0 Å². The van der Waals surface area contributed by atoms with Crippen molar-refractivity contribution in [3.63, 3.8) is 0 Å². The highest BCUT2D eigenvalue weighted by Gasteiger charge is 2.05. The molecule has 90 valence electrons. The Morgan fingerprint density at radius 2 is 1.88 bits per heavy atom. The smallest absolute Gasteiger partial charge is 0.123 e. The summed E-state index contributed by atoms with van der Waals surface area (Å²) in [7, 11) is 0. The predicted molar refractivity (Wildman–Crippen MR) is 70.4 cm³/mol. The van der Waals surface area contributed by atoms with Crippen LogP contribution in [0.2, 0.25) is 0 Å². The number of hydrogen-bond donors (Lipinski definition) is 1. The number of halogens is 1. The minimum atomic E-state index is -0.174. The van der Waals surface area contributed by atoms with Crippen LogP contribution >= 0.6 is 11.8 Å². The van der Waals surface area contributed by atoms with Crippen molar-refractivity contribution in [1.82, 2.24) is 5.32 Å². The van der Waals surface area contributed by atoms with E-state index >= 15 is 0 Å². The molecule has 3 heteroatoms. The Morgan fingerprint density at radius 1 is 1.25 bits per heavy atom. The molecule has 0 radical (unpaired) electrons. The van der Waals surface area contributed by atoms with Gasteiger partial charge in [0.2, 0.25) is 0 Å². The van der Waals surface area contributed by atoms with Gasteiger partial charge in [0.1, 0.15) is 5.82 Å². The van der Waals surface area contributed by atoms with Crippen molar-refractivity contribution in [2.24, 2.45) is 0 Å². The first-order valence-corrected chi connectivity index (χ1v) is 6.94. The lowest BCUT2D eigenvalue weighted by atomic mass is 10.1. The molecule has 2 atom stereocenters. The van der Waals surface area contributed by atoms with Crippen molar-refractivity contribution in [3.05, 3.63) is 35.6 Å². The maximum absolute atomic E-state index is 12.7. The average Bonchev–Trinajstić information content (AvgIpc) is 2.29. The summed E-state index contributed by atoms with van der Waals surface area (Å²) in [6.45, 7) is 5.34. The van der Waals surface area contributed by atoms with Crippen molar-refractivity contribution in [3.8, 4) is 0 Å². The van der Waals surface area contributed by atoms with E-state index in [1.807, 2.05) is 23.9 Å². The third-order valence-electron chi connectivity index (χ3n) is 2.77. The molecule has 0 aliphatic carbocycles. The lowest BCUT2D eigenvalue weighted by Gasteiger charge is -2.15. The van der Waals surface area contributed by atoms with E-state index in [4.69, 9.17) is 0 Å². The molecule has 0 heterocycles. The second-order valence-corrected chi connectivity index (χ2v) is 5.34. The average molecular weight is 241 g/mol. The lowest BCUT2D eigenvalue weighted by molar-refractivity contribution is 0.555. The maximum Gasteiger partial charge on any atom is 0.123 e. The van der Waals surface area contributed by atoms with Crippen molar-refractivity contribution >= 4 is 11.8 Å². The van der Waals surface area contributed by atoms with Crippen LogP contribution in [-0.4, -0.2) is 18.1 Å². The molecule has 0 fully saturated rings. The minimum Gasteiger partial charge on any atom is -0.310 e. The summed E-state index contributed by atoms with van der Waals surface area (Å²) in [5.74, 6) is -0.174. The highest BCUT2D eigenvalue weighted by molar-refractivity contribution is 7.99. The Hall–Kier alpha value is -0.540. The zero-order valence-electron chi connectivity index (χ0n) is 10.2. The quantitative estimate of drug-likeness (QED) is 0.816. The van der Waals surface area contributed by atoms with Gasteiger partial charge in [0.05, 0.1) is 0 Å². The number of thioether (sulfide) groups is 1. The molecule has 1 aromatic rings. The Morgan fingerprint density at radius 3 is 2.44 bits per heavy atom. The molecule has 0 spiro atoms. The lowest BCUT2D eigenvalue weighted by Crippen LogP contribution is -2.21. The molecule has 1 rings (SSSR count). The third-order valence-corrected chi connectivity index (χ3v) is 3.81. The van der Waals surface area contributed by atoms with Crippen molar-refractivity contribution in [2.45, 2.75) is 31.6 Å². The topological polar surface area (TPSA) is 12.0 Å². The molecule has 16 heavy (non-hydrogen) atoms. The highest BCUT2D eigenvalue weighted by atomic mass is 32.2. The molecule has 1 N–H and O–H groups in total. The van der Waals surface area contributed by atoms with Crippen LogP contribution in [0.5, 0.6) is 0 Å². The van der Waals surface area contributed by atoms with Gasteiger partial charge in [-0.2, -0.15) is 11.8 Å². The van der Waals surface area contributed by atoms with Gasteiger partial charge >= 0.3 is 0 Å². The summed E-state index contributed by atoms with van der Waals surface area (Å²) in [6, 6.07) is 6.99. The SMILES string of the molecule is CSC(C)CCNC(C)c1ccc(F)cc1. The fourth-order valence-electron chi connectivity index (χ4n) is 1.49. The fourth-order valence-corrected chi connectivity index (χ4v) is 1.84. The van der Waals surface area contributed by atoms with Crippen molar-refractivity contribution in [2.75, 3.05) is 12.8 Å². The second-order valence-electron chi connectivity index (χ2n) is 4.06. The summed E-state index contributed by atoms with van der Waals surface area (Å²) in [4.78, 5) is 0. The van der Waals surface area contributed by atoms with Gasteiger partial charge in [-0.1, -0.05) is 19.1 Å². The minimum absolute atomic E-state index is 0.174. The van der Waals surface area contributed by atoms with Crippen LogP contribution in [-0.2, 0) is 0 Å². The number of nitrogens with one attached hydrogen (secondary N) is 1. The largest absolute Gasteiger partial charge is 0.310 e. The first kappa shape index (κ1) is 13.5. The van der Waals surface area contributed by atoms with E-state index in [1.165, 1.54) is 12.1 Å². The normalized spacial score (nSPS) is 14.8. The van der Waals surface area contributed by atoms with Crippen molar-refractivity contribution in [1.29, 1.82) is 0 Å². The Kier molecular flexibility index (Phi) is 5.85. The third kappa shape index (κ3) is 4.54. The van der Waals surface area contributed by atoms with Crippen LogP contribution < -0.4 is 5.32 Å². The van der Waals surface area contributed by atoms with E-state index in [0.29, 0.717) is 5.25 Å². The zero-order valence-corrected chi connectivity index (χ0v) is 11.0. The van der Waals surface area contributed by atoms with E-state index in [-0.39, 0.29) is 11.9 Å². The summed E-state index contributed by atoms with van der Waals surface area (Å²) >= 11 is 1.88. The summed E-state index contributed by atoms with van der Waals surface area (Å²) in [6.07, 6.45) is 3.29. The molecule has 0 saturated carbocycles. The molecule has 0 amide bonds. The molecular weight excluding hydrogens is 221 g/mol. The van der Waals surface area contributed by atoms with E-state index < -0.39 is 0 Å². The number of hydrogen-bond acceptors (Lipinski definition) is 2. The molecule has 0 aromatic heterocycles. The Labute approximate surface area is 102 Å². The van der Waals surface area contributed by atoms with E-state index in [9.17, 15) is 4.39 Å². The van der Waals surface area contributed by atoms with Crippen LogP contribution in [0.15, 0.2) is 24.3 Å². The maximum atomic E-state index is 12.7. The van der Waals surface area contributed by atoms with Crippen LogP contribution in [0.1, 0.15) is 31.9 Å². The number of benzene rings is 1. The summed E-state index contributed by atoms with van der Waals surface area (Å²) < 4.78 is 12.7. The van der Waals surface area contributed by atoms with Crippen molar-refractivity contribution < 1.29 is 4.39 Å². The Bertz CT molecular complexity index is 299. The molecule has 0 aliphatic heterocycles. The first-order chi connectivity index (χ1) is 7.63. The standard InChI is InChI=1S/C13H20FNS/c1-10(16-3)8-9-15-11(2)12-4-6-13(14)7-5-12/h4-7,10-11,15H,8-9H2,1-3H3. The highest BCUT2D eigenvalue weighted by Crippen LogP contribution is 2.14. The zero-order chi connectivity index (χ0) is 12.0. The molecular formula is C13H20FNS. The molecule has 0 aliphatic rings. The molecule has 2 unspecified atom stereocenters. The summed E-state index contributed by atoms with van der Waals surface area (Å²) in [5, 5.41) is 4.14. The number of rotatable bonds is 6. The molecule has 1 aromatic carbocycles. The first-order valence-electron chi connectivity index (χ1n) is 5.65. The van der Waals surface area contributed by atoms with Gasteiger partial charge < -0.3 is 5.32 Å². The van der Waals surface area contributed by atoms with Gasteiger partial charge in [-0.05, 0) is 43.8 Å². The van der Waals surface area contributed by atoms with Gasteiger partial charge in [0, 0.05) is 11.3 Å². The van der Waals surface area contributed by atoms with E-state index in [1.54, 1.807) is 0 Å². The molecule has 0 bridgehead atoms. The van der Waals surface area contributed by atoms with Gasteiger partial charge in [0.15, 0.2) is 0 Å². The monoisotopic (exact) mass is 241 g/mol. The van der Waals surface area contributed by atoms with Crippen LogP contribution in [0, 0.1) is 5.82 Å². The molecule has 0 saturated heterocycles. The second kappa shape index (κ2) is 6.92. The van der Waals surface area contributed by atoms with Gasteiger partial charge in [-0.15, -0.1) is 0 Å². The van der Waals surface area contributed by atoms with Crippen LogP contribution in [0.25, 0.3) is 0 Å². The fraction of sp³-hybridized carbons (Fsp3) is 0.538. The van der Waals surface area contributed by atoms with E-state index in [0.717, 1.165) is 18.5 Å². The predicted octanol–water partition coefficient (Wildman–Crippen LogP) is 3.62.